The van der Waals surface area contributed by atoms with Gasteiger partial charge in [0, 0.05) is 0 Å². The number of rotatable bonds is 5. The fourth-order valence-electron chi connectivity index (χ4n) is 2.48. The van der Waals surface area contributed by atoms with Gasteiger partial charge in [0.25, 0.3) is 0 Å². The molecule has 1 heterocycles. The van der Waals surface area contributed by atoms with Crippen LogP contribution >= 0.6 is 11.3 Å². The lowest BCUT2D eigenvalue weighted by atomic mass is 9.94. The molecule has 1 amide bonds. The van der Waals surface area contributed by atoms with E-state index in [-0.39, 0.29) is 10.6 Å². The highest BCUT2D eigenvalue weighted by Crippen LogP contribution is 2.32. The Kier molecular flexibility index (Phi) is 5.52. The van der Waals surface area contributed by atoms with Crippen molar-refractivity contribution in [2.24, 2.45) is 0 Å². The van der Waals surface area contributed by atoms with Crippen molar-refractivity contribution in [2.75, 3.05) is 5.32 Å². The van der Waals surface area contributed by atoms with Crippen molar-refractivity contribution in [3.8, 4) is 0 Å². The van der Waals surface area contributed by atoms with Crippen molar-refractivity contribution < 1.29 is 27.9 Å². The summed E-state index contributed by atoms with van der Waals surface area (Å²) in [6, 6.07) is 4.41. The van der Waals surface area contributed by atoms with Crippen LogP contribution in [-0.4, -0.2) is 17.0 Å². The molecule has 0 aliphatic heterocycles. The summed E-state index contributed by atoms with van der Waals surface area (Å²) >= 11 is 1.10. The third-order valence-corrected chi connectivity index (χ3v) is 4.80. The van der Waals surface area contributed by atoms with E-state index in [1.165, 1.54) is 12.1 Å². The number of amides is 1. The number of thiophene rings is 1. The average Bonchev–Trinajstić information content (AvgIpc) is 2.88. The topological polar surface area (TPSA) is 66.4 Å². The van der Waals surface area contributed by atoms with Crippen molar-refractivity contribution in [3.05, 3.63) is 51.9 Å². The maximum absolute atomic E-state index is 12.6. The number of alkyl halides is 3. The summed E-state index contributed by atoms with van der Waals surface area (Å²) in [6.45, 7) is 3.36. The quantitative estimate of drug-likeness (QED) is 0.785. The van der Waals surface area contributed by atoms with Crippen LogP contribution in [0.15, 0.2) is 29.6 Å². The smallest absolute Gasteiger partial charge is 0.416 e. The number of carboxylic acid groups (broad SMARTS) is 1. The molecule has 2 aromatic rings. The first-order valence-corrected chi connectivity index (χ1v) is 8.32. The number of halogens is 3. The average molecular weight is 371 g/mol. The van der Waals surface area contributed by atoms with Gasteiger partial charge in [-0.15, -0.1) is 11.3 Å². The Morgan fingerprint density at radius 2 is 1.84 bits per heavy atom. The van der Waals surface area contributed by atoms with Crippen LogP contribution in [0.3, 0.4) is 0 Å². The highest BCUT2D eigenvalue weighted by molar-refractivity contribution is 7.15. The third-order valence-electron chi connectivity index (χ3n) is 3.79. The zero-order valence-electron chi connectivity index (χ0n) is 13.5. The van der Waals surface area contributed by atoms with E-state index in [2.05, 4.69) is 5.32 Å². The summed E-state index contributed by atoms with van der Waals surface area (Å²) < 4.78 is 37.9. The Balaban J connectivity index is 2.23. The highest BCUT2D eigenvalue weighted by Gasteiger charge is 2.31. The van der Waals surface area contributed by atoms with E-state index in [9.17, 15) is 27.9 Å². The Bertz CT molecular complexity index is 781. The normalized spacial score (nSPS) is 12.7. The van der Waals surface area contributed by atoms with Gasteiger partial charge in [-0.25, -0.2) is 4.79 Å². The van der Waals surface area contributed by atoms with E-state index in [0.717, 1.165) is 23.5 Å². The van der Waals surface area contributed by atoms with E-state index in [1.54, 1.807) is 19.2 Å². The molecule has 0 radical (unpaired) electrons. The minimum Gasteiger partial charge on any atom is -0.478 e. The summed E-state index contributed by atoms with van der Waals surface area (Å²) in [5.74, 6) is -2.27. The number of anilines is 1. The SMILES string of the molecule is CCC(C(=O)Nc1scc(C)c1C(=O)O)c1ccc(C(F)(F)F)cc1. The molecule has 0 saturated heterocycles. The van der Waals surface area contributed by atoms with E-state index >= 15 is 0 Å². The summed E-state index contributed by atoms with van der Waals surface area (Å²) in [5, 5.41) is 13.6. The maximum atomic E-state index is 12.6. The van der Waals surface area contributed by atoms with Gasteiger partial charge in [0.2, 0.25) is 5.91 Å². The first kappa shape index (κ1) is 19.0. The minimum absolute atomic E-state index is 0.0284. The molecule has 1 aromatic heterocycles. The molecule has 2 rings (SSSR count). The van der Waals surface area contributed by atoms with Crippen molar-refractivity contribution in [1.82, 2.24) is 0 Å². The largest absolute Gasteiger partial charge is 0.478 e. The number of carboxylic acids is 1. The van der Waals surface area contributed by atoms with Crippen LogP contribution in [0.2, 0.25) is 0 Å². The summed E-state index contributed by atoms with van der Waals surface area (Å²) in [6.07, 6.45) is -4.07. The number of carbonyl (C=O) groups excluding carboxylic acids is 1. The van der Waals surface area contributed by atoms with Gasteiger partial charge in [0.1, 0.15) is 5.00 Å². The second-order valence-corrected chi connectivity index (χ2v) is 6.38. The highest BCUT2D eigenvalue weighted by atomic mass is 32.1. The lowest BCUT2D eigenvalue weighted by molar-refractivity contribution is -0.137. The van der Waals surface area contributed by atoms with E-state index in [1.807, 2.05) is 0 Å². The predicted octanol–water partition coefficient (Wildman–Crippen LogP) is 4.91. The van der Waals surface area contributed by atoms with Gasteiger partial charge in [-0.1, -0.05) is 19.1 Å². The standard InChI is InChI=1S/C17H16F3NO3S/c1-3-12(10-4-6-11(7-5-10)17(18,19)20)14(22)21-15-13(16(23)24)9(2)8-25-15/h4-8,12H,3H2,1-2H3,(H,21,22)(H,23,24). The maximum Gasteiger partial charge on any atom is 0.416 e. The molecule has 0 bridgehead atoms. The Hall–Kier alpha value is -2.35. The fraction of sp³-hybridized carbons (Fsp3) is 0.294. The first-order valence-electron chi connectivity index (χ1n) is 7.44. The Labute approximate surface area is 146 Å². The number of nitrogens with one attached hydrogen (secondary N) is 1. The van der Waals surface area contributed by atoms with Crippen LogP contribution in [0.4, 0.5) is 18.2 Å². The zero-order valence-corrected chi connectivity index (χ0v) is 14.3. The molecule has 0 saturated carbocycles. The number of benzene rings is 1. The van der Waals surface area contributed by atoms with Crippen molar-refractivity contribution in [3.63, 3.8) is 0 Å². The number of hydrogen-bond donors (Lipinski definition) is 2. The zero-order chi connectivity index (χ0) is 18.8. The summed E-state index contributed by atoms with van der Waals surface area (Å²) in [4.78, 5) is 23.8. The molecule has 0 aliphatic carbocycles. The van der Waals surface area contributed by atoms with E-state index < -0.39 is 29.5 Å². The van der Waals surface area contributed by atoms with E-state index in [0.29, 0.717) is 17.5 Å². The van der Waals surface area contributed by atoms with Crippen LogP contribution in [0.1, 0.15) is 46.3 Å². The van der Waals surface area contributed by atoms with Crippen molar-refractivity contribution in [1.29, 1.82) is 0 Å². The number of hydrogen-bond acceptors (Lipinski definition) is 3. The number of carbonyl (C=O) groups is 2. The lowest BCUT2D eigenvalue weighted by Gasteiger charge is -2.16. The molecule has 134 valence electrons. The minimum atomic E-state index is -4.44. The van der Waals surface area contributed by atoms with Gasteiger partial charge in [0.05, 0.1) is 17.0 Å². The molecule has 0 fully saturated rings. The number of aryl methyl sites for hydroxylation is 1. The molecule has 2 N–H and O–H groups in total. The molecule has 4 nitrogen and oxygen atoms in total. The third kappa shape index (κ3) is 4.19. The molecular weight excluding hydrogens is 355 g/mol. The first-order chi connectivity index (χ1) is 11.6. The summed E-state index contributed by atoms with van der Waals surface area (Å²) in [5.41, 5.74) is 0.225. The molecule has 1 unspecified atom stereocenters. The van der Waals surface area contributed by atoms with Crippen LogP contribution in [0, 0.1) is 6.92 Å². The monoisotopic (exact) mass is 371 g/mol. The van der Waals surface area contributed by atoms with Gasteiger partial charge >= 0.3 is 12.1 Å². The second-order valence-electron chi connectivity index (χ2n) is 5.50. The van der Waals surface area contributed by atoms with Gasteiger partial charge in [-0.2, -0.15) is 13.2 Å². The van der Waals surface area contributed by atoms with Crippen LogP contribution < -0.4 is 5.32 Å². The Morgan fingerprint density at radius 1 is 1.24 bits per heavy atom. The number of aromatic carboxylic acids is 1. The molecule has 0 spiro atoms. The summed E-state index contributed by atoms with van der Waals surface area (Å²) in [7, 11) is 0. The van der Waals surface area contributed by atoms with Crippen molar-refractivity contribution >= 4 is 28.2 Å². The van der Waals surface area contributed by atoms with Crippen LogP contribution in [0.25, 0.3) is 0 Å². The Morgan fingerprint density at radius 3 is 2.32 bits per heavy atom. The molecule has 8 heteroatoms. The fourth-order valence-corrected chi connectivity index (χ4v) is 3.42. The lowest BCUT2D eigenvalue weighted by Crippen LogP contribution is -2.21. The molecule has 0 aliphatic rings. The molecular formula is C17H16F3NO3S. The van der Waals surface area contributed by atoms with Gasteiger partial charge < -0.3 is 10.4 Å². The second kappa shape index (κ2) is 7.26. The van der Waals surface area contributed by atoms with Crippen molar-refractivity contribution in [2.45, 2.75) is 32.4 Å². The van der Waals surface area contributed by atoms with Gasteiger partial charge in [0.15, 0.2) is 0 Å². The van der Waals surface area contributed by atoms with E-state index in [4.69, 9.17) is 0 Å². The predicted molar refractivity (Wildman–Crippen MR) is 89.1 cm³/mol. The van der Waals surface area contributed by atoms with Crippen LogP contribution in [-0.2, 0) is 11.0 Å². The molecule has 1 atom stereocenters. The van der Waals surface area contributed by atoms with Gasteiger partial charge in [-0.05, 0) is 42.0 Å². The van der Waals surface area contributed by atoms with Gasteiger partial charge in [-0.3, -0.25) is 4.79 Å². The molecule has 1 aromatic carbocycles. The molecule has 25 heavy (non-hydrogen) atoms. The van der Waals surface area contributed by atoms with Crippen LogP contribution in [0.5, 0.6) is 0 Å².